The lowest BCUT2D eigenvalue weighted by atomic mass is 10.4. The van der Waals surface area contributed by atoms with Crippen molar-refractivity contribution in [2.45, 2.75) is 39.0 Å². The summed E-state index contributed by atoms with van der Waals surface area (Å²) in [5, 5.41) is 5.51. The number of rotatable bonds is 7. The van der Waals surface area contributed by atoms with E-state index in [1.807, 2.05) is 27.0 Å². The summed E-state index contributed by atoms with van der Waals surface area (Å²) in [5.74, 6) is 0.713. The van der Waals surface area contributed by atoms with Gasteiger partial charge in [0, 0.05) is 5.75 Å². The van der Waals surface area contributed by atoms with Crippen molar-refractivity contribution >= 4 is 51.8 Å². The molecule has 1 atom stereocenters. The second kappa shape index (κ2) is 8.13. The summed E-state index contributed by atoms with van der Waals surface area (Å²) in [6, 6.07) is 0. The first-order chi connectivity index (χ1) is 9.36. The molecule has 1 unspecified atom stereocenters. The van der Waals surface area contributed by atoms with Crippen LogP contribution >= 0.6 is 41.7 Å². The largest absolute Gasteiger partial charge is 0.459 e. The Hall–Kier alpha value is 0.380. The highest BCUT2D eigenvalue weighted by Gasteiger charge is 2.33. The maximum atomic E-state index is 12.4. The van der Waals surface area contributed by atoms with Gasteiger partial charge in [0.1, 0.15) is 9.91 Å². The van der Waals surface area contributed by atoms with E-state index >= 15 is 0 Å². The van der Waals surface area contributed by atoms with E-state index in [-0.39, 0.29) is 4.87 Å². The normalized spacial score (nSPS) is 22.6. The first-order valence-electron chi connectivity index (χ1n) is 6.35. The highest BCUT2D eigenvalue weighted by molar-refractivity contribution is 8.55. The van der Waals surface area contributed by atoms with Crippen LogP contribution in [0.2, 0.25) is 0 Å². The van der Waals surface area contributed by atoms with E-state index in [9.17, 15) is 4.57 Å². The summed E-state index contributed by atoms with van der Waals surface area (Å²) in [6.45, 7) is 4.93. The smallest absolute Gasteiger partial charge is 0.304 e. The van der Waals surface area contributed by atoms with E-state index in [0.717, 1.165) is 11.5 Å². The minimum Gasteiger partial charge on any atom is -0.304 e. The molecule has 0 radical (unpaired) electrons. The Kier molecular flexibility index (Phi) is 7.49. The van der Waals surface area contributed by atoms with Crippen LogP contribution in [-0.4, -0.2) is 33.6 Å². The van der Waals surface area contributed by atoms with Crippen LogP contribution in [0.4, 0.5) is 0 Å². The molecule has 0 saturated heterocycles. The third kappa shape index (κ3) is 5.64. The van der Waals surface area contributed by atoms with Crippen molar-refractivity contribution in [2.75, 3.05) is 18.6 Å². The molecule has 0 saturated carbocycles. The van der Waals surface area contributed by atoms with E-state index in [1.165, 1.54) is 34.9 Å². The zero-order chi connectivity index (χ0) is 15.2. The van der Waals surface area contributed by atoms with Gasteiger partial charge in [-0.3, -0.25) is 9.52 Å². The number of hydrogen-bond acceptors (Lipinski definition) is 8. The standard InChI is InChI=1S/C11H21N2O3PS3/c1-6-8-19-17(14,15-7-2)16-13-10-9(18-5)12-11(3,4)20-10/h6-8H2,1-5H3. The Bertz CT molecular complexity index is 441. The fraction of sp³-hybridized carbons (Fsp3) is 0.818. The van der Waals surface area contributed by atoms with Gasteiger partial charge in [-0.15, -0.1) is 11.8 Å². The van der Waals surface area contributed by atoms with Crippen molar-refractivity contribution in [3.05, 3.63) is 0 Å². The van der Waals surface area contributed by atoms with Crippen LogP contribution in [0.1, 0.15) is 34.1 Å². The third-order valence-electron chi connectivity index (χ3n) is 2.06. The summed E-state index contributed by atoms with van der Waals surface area (Å²) in [6.07, 6.45) is 2.84. The van der Waals surface area contributed by atoms with Gasteiger partial charge in [0.25, 0.3) is 0 Å². The monoisotopic (exact) mass is 356 g/mol. The van der Waals surface area contributed by atoms with Gasteiger partial charge in [0.2, 0.25) is 0 Å². The molecule has 1 aliphatic heterocycles. The summed E-state index contributed by atoms with van der Waals surface area (Å²) < 4.78 is 22.9. The van der Waals surface area contributed by atoms with Gasteiger partial charge in [-0.25, -0.2) is 4.57 Å². The zero-order valence-electron chi connectivity index (χ0n) is 12.4. The van der Waals surface area contributed by atoms with Gasteiger partial charge < -0.3 is 4.62 Å². The van der Waals surface area contributed by atoms with E-state index in [0.29, 0.717) is 17.4 Å². The van der Waals surface area contributed by atoms with Crippen molar-refractivity contribution < 1.29 is 13.7 Å². The fourth-order valence-corrected chi connectivity index (χ4v) is 6.23. The van der Waals surface area contributed by atoms with Crippen molar-refractivity contribution in [1.82, 2.24) is 0 Å². The summed E-state index contributed by atoms with van der Waals surface area (Å²) in [7, 11) is 0. The highest BCUT2D eigenvalue weighted by atomic mass is 32.7. The molecule has 9 heteroatoms. The van der Waals surface area contributed by atoms with Crippen LogP contribution in [0.25, 0.3) is 0 Å². The summed E-state index contributed by atoms with van der Waals surface area (Å²) >= 11 is 4.19. The van der Waals surface area contributed by atoms with Gasteiger partial charge >= 0.3 is 6.80 Å². The Labute approximate surface area is 133 Å². The van der Waals surface area contributed by atoms with Gasteiger partial charge in [-0.2, -0.15) is 0 Å². The Morgan fingerprint density at radius 3 is 2.70 bits per heavy atom. The number of aliphatic imine (C=N–C) groups is 1. The van der Waals surface area contributed by atoms with Crippen molar-refractivity contribution in [1.29, 1.82) is 0 Å². The lowest BCUT2D eigenvalue weighted by molar-refractivity contribution is 0.237. The first kappa shape index (κ1) is 18.4. The molecule has 0 aromatic carbocycles. The van der Waals surface area contributed by atoms with Crippen molar-refractivity contribution in [3.8, 4) is 0 Å². The van der Waals surface area contributed by atoms with Crippen LogP contribution in [0, 0.1) is 0 Å². The lowest BCUT2D eigenvalue weighted by Crippen LogP contribution is -2.06. The number of hydrogen-bond donors (Lipinski definition) is 0. The third-order valence-corrected chi connectivity index (χ3v) is 7.69. The Morgan fingerprint density at radius 1 is 1.45 bits per heavy atom. The van der Waals surface area contributed by atoms with Gasteiger partial charge in [-0.05, 0) is 44.8 Å². The Balaban J connectivity index is 2.78. The summed E-state index contributed by atoms with van der Waals surface area (Å²) in [5.41, 5.74) is 0. The van der Waals surface area contributed by atoms with E-state index in [1.54, 1.807) is 6.92 Å². The van der Waals surface area contributed by atoms with Crippen molar-refractivity contribution in [2.24, 2.45) is 10.1 Å². The molecule has 1 rings (SSSR count). The molecule has 0 bridgehead atoms. The molecule has 0 spiro atoms. The minimum atomic E-state index is -3.22. The number of nitrogens with zero attached hydrogens (tertiary/aromatic N) is 2. The molecule has 0 amide bonds. The van der Waals surface area contributed by atoms with Gasteiger partial charge in [0.05, 0.1) is 6.61 Å². The average molecular weight is 356 g/mol. The summed E-state index contributed by atoms with van der Waals surface area (Å²) in [4.78, 5) is 4.27. The highest BCUT2D eigenvalue weighted by Crippen LogP contribution is 2.61. The molecule has 1 aliphatic rings. The van der Waals surface area contributed by atoms with Gasteiger partial charge in [0.15, 0.2) is 5.04 Å². The maximum absolute atomic E-state index is 12.4. The molecule has 20 heavy (non-hydrogen) atoms. The van der Waals surface area contributed by atoms with Crippen LogP contribution in [0.15, 0.2) is 10.1 Å². The second-order valence-corrected chi connectivity index (χ2v) is 10.8. The second-order valence-electron chi connectivity index (χ2n) is 4.35. The molecular weight excluding hydrogens is 335 g/mol. The topological polar surface area (TPSA) is 60.2 Å². The van der Waals surface area contributed by atoms with Crippen LogP contribution < -0.4 is 0 Å². The zero-order valence-corrected chi connectivity index (χ0v) is 15.8. The van der Waals surface area contributed by atoms with E-state index in [2.05, 4.69) is 10.1 Å². The van der Waals surface area contributed by atoms with Crippen molar-refractivity contribution in [3.63, 3.8) is 0 Å². The molecule has 5 nitrogen and oxygen atoms in total. The van der Waals surface area contributed by atoms with Crippen LogP contribution in [-0.2, 0) is 13.7 Å². The predicted octanol–water partition coefficient (Wildman–Crippen LogP) is 4.85. The molecule has 1 heterocycles. The quantitative estimate of drug-likeness (QED) is 0.480. The number of thioether (sulfide) groups is 2. The van der Waals surface area contributed by atoms with E-state index < -0.39 is 6.80 Å². The lowest BCUT2D eigenvalue weighted by Gasteiger charge is -2.14. The number of oxime groups is 1. The van der Waals surface area contributed by atoms with Crippen LogP contribution in [0.5, 0.6) is 0 Å². The molecule has 0 aliphatic carbocycles. The minimum absolute atomic E-state index is 0.257. The molecule has 0 N–H and O–H groups in total. The predicted molar refractivity (Wildman–Crippen MR) is 93.1 cm³/mol. The van der Waals surface area contributed by atoms with Gasteiger partial charge in [-0.1, -0.05) is 23.8 Å². The van der Waals surface area contributed by atoms with E-state index in [4.69, 9.17) is 9.15 Å². The molecule has 0 aromatic rings. The van der Waals surface area contributed by atoms with Crippen LogP contribution in [0.3, 0.4) is 0 Å². The molecule has 116 valence electrons. The first-order valence-corrected chi connectivity index (χ1v) is 11.5. The molecule has 0 aromatic heterocycles. The Morgan fingerprint density at radius 2 is 2.15 bits per heavy atom. The molecule has 0 fully saturated rings. The average Bonchev–Trinajstić information content (AvgIpc) is 2.69. The molecular formula is C11H21N2O3PS3. The SMILES string of the molecule is CCCSP(=O)(OCC)ON=C1SC(C)(C)N=C1SC. The maximum Gasteiger partial charge on any atom is 0.459 e. The fourth-order valence-electron chi connectivity index (χ4n) is 1.32.